The van der Waals surface area contributed by atoms with Gasteiger partial charge in [-0.2, -0.15) is 0 Å². The van der Waals surface area contributed by atoms with Gasteiger partial charge in [-0.25, -0.2) is 0 Å². The molecule has 4 rings (SSSR count). The molecule has 4 heteroatoms. The summed E-state index contributed by atoms with van der Waals surface area (Å²) in [5.74, 6) is 0.578. The van der Waals surface area contributed by atoms with Crippen molar-refractivity contribution in [1.29, 1.82) is 0 Å². The molecule has 0 saturated heterocycles. The molecule has 0 radical (unpaired) electrons. The van der Waals surface area contributed by atoms with Crippen molar-refractivity contribution in [3.63, 3.8) is 0 Å². The number of rotatable bonds is 6. The molecule has 1 fully saturated rings. The molecule has 1 saturated carbocycles. The predicted molar refractivity (Wildman–Crippen MR) is 105 cm³/mol. The highest BCUT2D eigenvalue weighted by atomic mass is 16.1. The van der Waals surface area contributed by atoms with Crippen molar-refractivity contribution in [2.45, 2.75) is 44.1 Å². The van der Waals surface area contributed by atoms with Crippen molar-refractivity contribution in [2.75, 3.05) is 6.54 Å². The van der Waals surface area contributed by atoms with Gasteiger partial charge >= 0.3 is 0 Å². The minimum Gasteiger partial charge on any atom is -0.368 e. The van der Waals surface area contributed by atoms with E-state index < -0.39 is 5.54 Å². The van der Waals surface area contributed by atoms with Crippen molar-refractivity contribution < 1.29 is 4.79 Å². The molecule has 1 heterocycles. The summed E-state index contributed by atoms with van der Waals surface area (Å²) < 4.78 is 0. The number of aliphatic imine (C=N–C) groups is 1. The summed E-state index contributed by atoms with van der Waals surface area (Å²) in [5, 5.41) is 3.55. The van der Waals surface area contributed by atoms with Crippen molar-refractivity contribution in [2.24, 2.45) is 22.6 Å². The minimum atomic E-state index is -0.586. The van der Waals surface area contributed by atoms with E-state index in [1.807, 2.05) is 6.07 Å². The second-order valence-electron chi connectivity index (χ2n) is 7.74. The van der Waals surface area contributed by atoms with E-state index in [-0.39, 0.29) is 5.91 Å². The lowest BCUT2D eigenvalue weighted by molar-refractivity contribution is -0.125. The average Bonchev–Trinajstić information content (AvgIpc) is 3.04. The third-order valence-electron chi connectivity index (χ3n) is 6.16. The van der Waals surface area contributed by atoms with Crippen molar-refractivity contribution in [3.05, 3.63) is 59.8 Å². The Labute approximate surface area is 155 Å². The number of carbonyl (C=O) groups is 1. The Hall–Kier alpha value is -2.20. The van der Waals surface area contributed by atoms with Crippen LogP contribution in [0, 0.1) is 11.8 Å². The number of nitrogens with one attached hydrogen (secondary N) is 1. The van der Waals surface area contributed by atoms with Gasteiger partial charge in [0.15, 0.2) is 0 Å². The molecule has 1 aromatic rings. The molecule has 3 aliphatic rings. The maximum Gasteiger partial charge on any atom is 0.237 e. The number of allylic oxidation sites excluding steroid dienone is 4. The molecule has 26 heavy (non-hydrogen) atoms. The van der Waals surface area contributed by atoms with Gasteiger partial charge in [-0.3, -0.25) is 9.79 Å². The lowest BCUT2D eigenvalue weighted by Gasteiger charge is -2.40. The fourth-order valence-electron chi connectivity index (χ4n) is 4.66. The van der Waals surface area contributed by atoms with Gasteiger partial charge in [0, 0.05) is 23.2 Å². The topological polar surface area (TPSA) is 67.5 Å². The highest BCUT2D eigenvalue weighted by Crippen LogP contribution is 2.45. The van der Waals surface area contributed by atoms with E-state index in [1.165, 1.54) is 17.0 Å². The number of amides is 1. The van der Waals surface area contributed by atoms with Crippen LogP contribution in [0.15, 0.2) is 59.2 Å². The predicted octanol–water partition coefficient (Wildman–Crippen LogP) is 3.15. The molecule has 1 amide bonds. The summed E-state index contributed by atoms with van der Waals surface area (Å²) in [6.45, 7) is 0.810. The molecular formula is C22H27N3O. The molecule has 136 valence electrons. The summed E-state index contributed by atoms with van der Waals surface area (Å²) >= 11 is 0. The van der Waals surface area contributed by atoms with E-state index in [0.717, 1.165) is 45.1 Å². The lowest BCUT2D eigenvalue weighted by Crippen LogP contribution is -2.59. The second kappa shape index (κ2) is 7.20. The molecule has 1 aromatic carbocycles. The molecule has 0 bridgehead atoms. The van der Waals surface area contributed by atoms with Crippen LogP contribution in [0.4, 0.5) is 0 Å². The normalized spacial score (nSPS) is 29.5. The van der Waals surface area contributed by atoms with Crippen LogP contribution in [0.25, 0.3) is 0 Å². The van der Waals surface area contributed by atoms with Gasteiger partial charge in [0.25, 0.3) is 0 Å². The smallest absolute Gasteiger partial charge is 0.237 e. The summed E-state index contributed by atoms with van der Waals surface area (Å²) in [6, 6.07) is 10.5. The fourth-order valence-corrected chi connectivity index (χ4v) is 4.66. The fraction of sp³-hybridized carbons (Fsp3) is 0.455. The maximum absolute atomic E-state index is 12.4. The van der Waals surface area contributed by atoms with E-state index in [0.29, 0.717) is 11.8 Å². The highest BCUT2D eigenvalue weighted by molar-refractivity contribution is 5.95. The van der Waals surface area contributed by atoms with Crippen LogP contribution >= 0.6 is 0 Å². The first kappa shape index (κ1) is 17.2. The number of primary amides is 1. The average molecular weight is 349 g/mol. The van der Waals surface area contributed by atoms with Crippen LogP contribution in [-0.2, 0) is 11.2 Å². The summed E-state index contributed by atoms with van der Waals surface area (Å²) in [7, 11) is 0. The number of hydrogen-bond acceptors (Lipinski definition) is 3. The van der Waals surface area contributed by atoms with Crippen LogP contribution < -0.4 is 11.1 Å². The number of nitrogens with two attached hydrogens (primary N) is 1. The van der Waals surface area contributed by atoms with Crippen LogP contribution in [-0.4, -0.2) is 23.7 Å². The van der Waals surface area contributed by atoms with E-state index in [1.54, 1.807) is 0 Å². The first-order chi connectivity index (χ1) is 12.7. The van der Waals surface area contributed by atoms with E-state index in [4.69, 9.17) is 10.7 Å². The lowest BCUT2D eigenvalue weighted by atomic mass is 9.69. The van der Waals surface area contributed by atoms with Gasteiger partial charge in [-0.15, -0.1) is 0 Å². The Morgan fingerprint density at radius 1 is 1.27 bits per heavy atom. The maximum atomic E-state index is 12.4. The minimum absolute atomic E-state index is 0.208. The number of aryl methyl sites for hydroxylation is 1. The summed E-state index contributed by atoms with van der Waals surface area (Å²) in [6.07, 6.45) is 11.9. The Balaban J connectivity index is 1.40. The molecule has 0 aromatic heterocycles. The molecule has 3 atom stereocenters. The second-order valence-corrected chi connectivity index (χ2v) is 7.74. The first-order valence-electron chi connectivity index (χ1n) is 9.71. The number of nitrogens with zero attached hydrogens (tertiary/aromatic N) is 1. The van der Waals surface area contributed by atoms with Crippen molar-refractivity contribution >= 4 is 11.6 Å². The zero-order valence-corrected chi connectivity index (χ0v) is 15.2. The quantitative estimate of drug-likeness (QED) is 0.775. The van der Waals surface area contributed by atoms with E-state index in [2.05, 4.69) is 47.8 Å². The number of carbonyl (C=O) groups excluding carboxylic acids is 1. The molecule has 1 aliphatic heterocycles. The van der Waals surface area contributed by atoms with Crippen LogP contribution in [0.1, 0.15) is 37.7 Å². The number of hydrogen-bond donors (Lipinski definition) is 2. The van der Waals surface area contributed by atoms with Gasteiger partial charge < -0.3 is 11.1 Å². The zero-order valence-electron chi connectivity index (χ0n) is 15.2. The Bertz CT molecular complexity index is 765. The molecule has 3 unspecified atom stereocenters. The SMILES string of the molecule is NC(=O)C1(NCCCc2ccccc2)CCC2=NC3=CC=CCC3C2C1. The van der Waals surface area contributed by atoms with Crippen molar-refractivity contribution in [1.82, 2.24) is 5.32 Å². The Morgan fingerprint density at radius 3 is 2.92 bits per heavy atom. The van der Waals surface area contributed by atoms with Gasteiger partial charge in [0.1, 0.15) is 0 Å². The molecule has 2 aliphatic carbocycles. The molecule has 0 spiro atoms. The van der Waals surface area contributed by atoms with Crippen LogP contribution in [0.5, 0.6) is 0 Å². The van der Waals surface area contributed by atoms with Gasteiger partial charge in [-0.05, 0) is 56.7 Å². The standard InChI is InChI=1S/C22H27N3O/c23-21(26)22(24-14-6-9-16-7-2-1-3-8-16)13-12-20-18(15-22)17-10-4-5-11-19(17)25-20/h1-5,7-8,11,17-18,24H,6,9-10,12-15H2,(H2,23,26). The van der Waals surface area contributed by atoms with Gasteiger partial charge in [0.05, 0.1) is 5.54 Å². The third kappa shape index (κ3) is 3.26. The largest absolute Gasteiger partial charge is 0.368 e. The third-order valence-corrected chi connectivity index (χ3v) is 6.16. The first-order valence-corrected chi connectivity index (χ1v) is 9.71. The van der Waals surface area contributed by atoms with Gasteiger partial charge in [-0.1, -0.05) is 42.5 Å². The van der Waals surface area contributed by atoms with Gasteiger partial charge in [0.2, 0.25) is 5.91 Å². The summed E-state index contributed by atoms with van der Waals surface area (Å²) in [4.78, 5) is 17.2. The van der Waals surface area contributed by atoms with Crippen molar-refractivity contribution in [3.8, 4) is 0 Å². The van der Waals surface area contributed by atoms with E-state index in [9.17, 15) is 4.79 Å². The molecule has 3 N–H and O–H groups in total. The number of fused-ring (bicyclic) bond motifs is 3. The molecule has 4 nitrogen and oxygen atoms in total. The molecular weight excluding hydrogens is 322 g/mol. The van der Waals surface area contributed by atoms with Crippen LogP contribution in [0.2, 0.25) is 0 Å². The Kier molecular flexibility index (Phi) is 4.77. The summed E-state index contributed by atoms with van der Waals surface area (Å²) in [5.41, 5.74) is 9.09. The number of benzene rings is 1. The van der Waals surface area contributed by atoms with E-state index >= 15 is 0 Å². The van der Waals surface area contributed by atoms with Crippen LogP contribution in [0.3, 0.4) is 0 Å². The zero-order chi connectivity index (χ0) is 18.0. The highest BCUT2D eigenvalue weighted by Gasteiger charge is 2.48. The monoisotopic (exact) mass is 349 g/mol. The Morgan fingerprint density at radius 2 is 2.12 bits per heavy atom.